The highest BCUT2D eigenvalue weighted by molar-refractivity contribution is 7.77. The number of thiol groups is 1. The van der Waals surface area contributed by atoms with Gasteiger partial charge in [0.05, 0.1) is 6.54 Å². The predicted octanol–water partition coefficient (Wildman–Crippen LogP) is 6.93. The number of allylic oxidation sites excluding steroid dienone is 4. The molecule has 0 spiro atoms. The molecule has 0 aromatic carbocycles. The van der Waals surface area contributed by atoms with Gasteiger partial charge in [0.25, 0.3) is 0 Å². The molecule has 0 aliphatic heterocycles. The Balaban J connectivity index is 1.62. The van der Waals surface area contributed by atoms with Crippen LogP contribution in [-0.4, -0.2) is 15.8 Å². The van der Waals surface area contributed by atoms with E-state index in [0.29, 0.717) is 17.3 Å². The summed E-state index contributed by atoms with van der Waals surface area (Å²) in [7, 11) is 0. The van der Waals surface area contributed by atoms with Crippen molar-refractivity contribution < 1.29 is 0 Å². The quantitative estimate of drug-likeness (QED) is 0.488. The topological polar surface area (TPSA) is 16.1 Å². The number of aromatic nitrogens is 1. The minimum absolute atomic E-state index is 0.382. The second-order valence-electron chi connectivity index (χ2n) is 9.10. The van der Waals surface area contributed by atoms with Crippen molar-refractivity contribution in [3.8, 4) is 0 Å². The van der Waals surface area contributed by atoms with Gasteiger partial charge in [-0.15, -0.1) is 22.7 Å². The summed E-state index contributed by atoms with van der Waals surface area (Å²) >= 11 is 8.49. The van der Waals surface area contributed by atoms with Gasteiger partial charge in [0.2, 0.25) is 0 Å². The molecule has 2 aliphatic carbocycles. The monoisotopic (exact) mass is 442 g/mol. The molecule has 2 atom stereocenters. The van der Waals surface area contributed by atoms with Crippen LogP contribution in [0.3, 0.4) is 0 Å². The Bertz CT molecular complexity index is 934. The largest absolute Gasteiger partial charge is 0.248 e. The highest BCUT2D eigenvalue weighted by Crippen LogP contribution is 2.48. The molecule has 2 unspecified atom stereocenters. The van der Waals surface area contributed by atoms with E-state index in [4.69, 9.17) is 12.8 Å². The van der Waals surface area contributed by atoms with E-state index in [1.54, 1.807) is 21.8 Å². The van der Waals surface area contributed by atoms with Crippen LogP contribution in [0.25, 0.3) is 5.57 Å². The van der Waals surface area contributed by atoms with Crippen molar-refractivity contribution in [1.29, 1.82) is 0 Å². The first-order valence-electron chi connectivity index (χ1n) is 10.3. The van der Waals surface area contributed by atoms with E-state index < -0.39 is 0 Å². The van der Waals surface area contributed by atoms with Gasteiger partial charge in [-0.3, -0.25) is 0 Å². The molecule has 2 nitrogen and oxygen atoms in total. The number of aryl methyl sites for hydroxylation is 1. The minimum atomic E-state index is 0.382. The van der Waals surface area contributed by atoms with Crippen LogP contribution in [0.5, 0.6) is 0 Å². The summed E-state index contributed by atoms with van der Waals surface area (Å²) < 4.78 is 2.11. The fourth-order valence-electron chi connectivity index (χ4n) is 4.55. The first kappa shape index (κ1) is 21.1. The third-order valence-electron chi connectivity index (χ3n) is 6.00. The zero-order valence-corrected chi connectivity index (χ0v) is 20.0. The number of thiazole rings is 1. The van der Waals surface area contributed by atoms with E-state index in [1.807, 2.05) is 22.9 Å². The summed E-state index contributed by atoms with van der Waals surface area (Å²) in [6.45, 7) is 13.0. The second kappa shape index (κ2) is 8.54. The summed E-state index contributed by atoms with van der Waals surface area (Å²) in [5.74, 6) is 0.792. The average Bonchev–Trinajstić information content (AvgIpc) is 3.28. The summed E-state index contributed by atoms with van der Waals surface area (Å²) in [5, 5.41) is 3.14. The Kier molecular flexibility index (Phi) is 6.22. The summed E-state index contributed by atoms with van der Waals surface area (Å²) in [5.41, 5.74) is 4.61. The highest BCUT2D eigenvalue weighted by atomic mass is 32.1. The van der Waals surface area contributed by atoms with Gasteiger partial charge in [0.15, 0.2) is 0 Å². The highest BCUT2D eigenvalue weighted by Gasteiger charge is 2.34. The zero-order chi connectivity index (χ0) is 20.6. The lowest BCUT2D eigenvalue weighted by Gasteiger charge is -2.30. The fraction of sp³-hybridized carbons (Fsp3) is 0.458. The molecule has 0 amide bonds. The molecule has 0 N–H and O–H groups in total. The Morgan fingerprint density at radius 2 is 2.14 bits per heavy atom. The molecular weight excluding hydrogens is 412 g/mol. The van der Waals surface area contributed by atoms with Crippen molar-refractivity contribution in [1.82, 2.24) is 9.29 Å². The van der Waals surface area contributed by atoms with Gasteiger partial charge in [-0.25, -0.2) is 9.29 Å². The average molecular weight is 443 g/mol. The molecule has 2 aromatic rings. The zero-order valence-electron chi connectivity index (χ0n) is 17.5. The van der Waals surface area contributed by atoms with Crippen LogP contribution in [0.4, 0.5) is 0 Å². The van der Waals surface area contributed by atoms with E-state index in [1.165, 1.54) is 35.3 Å². The third kappa shape index (κ3) is 4.63. The fourth-order valence-corrected chi connectivity index (χ4v) is 7.15. The van der Waals surface area contributed by atoms with Crippen LogP contribution in [0.1, 0.15) is 59.0 Å². The lowest BCUT2D eigenvalue weighted by molar-refractivity contribution is 0.317. The standard InChI is InChI=1S/C24H30N2S3/c1-16(2)22-19-13-24(3,4)10-9-20(19)29-23(22)18-8-6-5-7-17(18)14-26(27)15-21-25-11-12-28-21/h5-8,11-12,17-18,27H,1,9-10,13-15H2,2-4H3. The van der Waals surface area contributed by atoms with E-state index in [2.05, 4.69) is 60.9 Å². The van der Waals surface area contributed by atoms with E-state index >= 15 is 0 Å². The van der Waals surface area contributed by atoms with Crippen LogP contribution in [0, 0.1) is 11.3 Å². The second-order valence-corrected chi connectivity index (χ2v) is 11.8. The normalized spacial score (nSPS) is 22.8. The van der Waals surface area contributed by atoms with E-state index in [0.717, 1.165) is 18.1 Å². The van der Waals surface area contributed by atoms with Crippen molar-refractivity contribution in [2.24, 2.45) is 11.3 Å². The lowest BCUT2D eigenvalue weighted by Crippen LogP contribution is -2.25. The van der Waals surface area contributed by atoms with Crippen LogP contribution in [0.2, 0.25) is 0 Å². The Morgan fingerprint density at radius 1 is 1.34 bits per heavy atom. The Hall–Kier alpha value is -1.14. The SMILES string of the molecule is C=C(C)c1c(C2C=CC=CC2CN(S)Cc2nccs2)sc2c1CC(C)(C)CC2. The predicted molar refractivity (Wildman–Crippen MR) is 131 cm³/mol. The molecule has 2 heterocycles. The first-order valence-corrected chi connectivity index (χ1v) is 12.4. The molecule has 0 saturated carbocycles. The van der Waals surface area contributed by atoms with Crippen molar-refractivity contribution >= 4 is 41.1 Å². The summed E-state index contributed by atoms with van der Waals surface area (Å²) in [6.07, 6.45) is 14.6. The minimum Gasteiger partial charge on any atom is -0.248 e. The summed E-state index contributed by atoms with van der Waals surface area (Å²) in [4.78, 5) is 7.50. The van der Waals surface area contributed by atoms with Crippen molar-refractivity contribution in [2.75, 3.05) is 6.54 Å². The molecule has 2 aliphatic rings. The molecule has 0 bridgehead atoms. The van der Waals surface area contributed by atoms with Gasteiger partial charge >= 0.3 is 0 Å². The number of hydrogen-bond acceptors (Lipinski definition) is 5. The van der Waals surface area contributed by atoms with Crippen LogP contribution in [0.15, 0.2) is 42.5 Å². The van der Waals surface area contributed by atoms with Crippen molar-refractivity contribution in [3.63, 3.8) is 0 Å². The van der Waals surface area contributed by atoms with Gasteiger partial charge < -0.3 is 0 Å². The molecule has 4 rings (SSSR count). The van der Waals surface area contributed by atoms with Crippen molar-refractivity contribution in [2.45, 2.75) is 52.5 Å². The van der Waals surface area contributed by atoms with E-state index in [9.17, 15) is 0 Å². The maximum absolute atomic E-state index is 4.77. The molecule has 29 heavy (non-hydrogen) atoms. The van der Waals surface area contributed by atoms with Gasteiger partial charge in [0.1, 0.15) is 5.01 Å². The van der Waals surface area contributed by atoms with Gasteiger partial charge in [-0.2, -0.15) is 0 Å². The first-order chi connectivity index (χ1) is 13.8. The number of fused-ring (bicyclic) bond motifs is 1. The van der Waals surface area contributed by atoms with Gasteiger partial charge in [0, 0.05) is 39.7 Å². The third-order valence-corrected chi connectivity index (χ3v) is 8.47. The number of nitrogens with zero attached hydrogens (tertiary/aromatic N) is 2. The molecular formula is C24H30N2S3. The Morgan fingerprint density at radius 3 is 2.86 bits per heavy atom. The van der Waals surface area contributed by atoms with Crippen LogP contribution < -0.4 is 0 Å². The van der Waals surface area contributed by atoms with Crippen LogP contribution >= 0.6 is 35.5 Å². The molecule has 0 fully saturated rings. The number of rotatable bonds is 6. The van der Waals surface area contributed by atoms with Gasteiger partial charge in [-0.05, 0) is 48.3 Å². The number of hydrogen-bond donors (Lipinski definition) is 1. The maximum Gasteiger partial charge on any atom is 0.107 e. The Labute approximate surface area is 188 Å². The summed E-state index contributed by atoms with van der Waals surface area (Å²) in [6, 6.07) is 0. The van der Waals surface area contributed by atoms with Gasteiger partial charge in [-0.1, -0.05) is 57.5 Å². The molecule has 2 aromatic heterocycles. The number of thiophene rings is 1. The van der Waals surface area contributed by atoms with Crippen molar-refractivity contribution in [3.05, 3.63) is 68.3 Å². The molecule has 0 saturated heterocycles. The van der Waals surface area contributed by atoms with Crippen LogP contribution in [-0.2, 0) is 19.4 Å². The maximum atomic E-state index is 4.77. The molecule has 154 valence electrons. The molecule has 0 radical (unpaired) electrons. The molecule has 5 heteroatoms. The smallest absolute Gasteiger partial charge is 0.107 e. The lowest BCUT2D eigenvalue weighted by atomic mass is 9.74. The van der Waals surface area contributed by atoms with E-state index in [-0.39, 0.29) is 0 Å².